The molecule has 1 N–H and O–H groups in total. The third-order valence-electron chi connectivity index (χ3n) is 3.62. The van der Waals surface area contributed by atoms with Crippen molar-refractivity contribution in [3.8, 4) is 11.8 Å². The molecule has 25 heavy (non-hydrogen) atoms. The van der Waals surface area contributed by atoms with E-state index in [2.05, 4.69) is 12.2 Å². The lowest BCUT2D eigenvalue weighted by molar-refractivity contribution is -0.117. The summed E-state index contributed by atoms with van der Waals surface area (Å²) in [5.41, 5.74) is 1.85. The van der Waals surface area contributed by atoms with Gasteiger partial charge in [0, 0.05) is 6.54 Å². The van der Waals surface area contributed by atoms with Gasteiger partial charge in [-0.05, 0) is 35.8 Å². The number of hydrogen-bond donors (Lipinski definition) is 1. The highest BCUT2D eigenvalue weighted by atomic mass is 16.5. The van der Waals surface area contributed by atoms with E-state index in [1.807, 2.05) is 60.7 Å². The van der Waals surface area contributed by atoms with E-state index in [0.717, 1.165) is 29.7 Å². The average Bonchev–Trinajstić information content (AvgIpc) is 2.66. The molecule has 0 heterocycles. The minimum absolute atomic E-state index is 0.0792. The molecule has 0 aliphatic carbocycles. The van der Waals surface area contributed by atoms with Crippen LogP contribution >= 0.6 is 0 Å². The Morgan fingerprint density at radius 2 is 1.88 bits per heavy atom. The fourth-order valence-electron chi connectivity index (χ4n) is 2.18. The van der Waals surface area contributed by atoms with E-state index in [0.29, 0.717) is 13.2 Å². The summed E-state index contributed by atoms with van der Waals surface area (Å²) < 4.78 is 5.60. The van der Waals surface area contributed by atoms with E-state index in [9.17, 15) is 10.1 Å². The molecule has 0 unspecified atom stereocenters. The standard InChI is InChI=1S/C21H22N2O2/c1-2-3-13-25-20-11-9-17(10-12-20)14-19(15-22)21(24)23-16-18-7-5-4-6-8-18/h4-12,14H,2-3,13,16H2,1H3,(H,23,24)/b19-14+. The SMILES string of the molecule is CCCCOc1ccc(/C=C(\C#N)C(=O)NCc2ccccc2)cc1. The van der Waals surface area contributed by atoms with Gasteiger partial charge in [-0.2, -0.15) is 5.26 Å². The average molecular weight is 334 g/mol. The first-order valence-electron chi connectivity index (χ1n) is 8.39. The number of amides is 1. The van der Waals surface area contributed by atoms with Crippen LogP contribution in [0, 0.1) is 11.3 Å². The van der Waals surface area contributed by atoms with Gasteiger partial charge in [-0.15, -0.1) is 0 Å². The summed E-state index contributed by atoms with van der Waals surface area (Å²) in [6, 6.07) is 18.9. The van der Waals surface area contributed by atoms with Crippen LogP contribution in [0.15, 0.2) is 60.2 Å². The van der Waals surface area contributed by atoms with Crippen molar-refractivity contribution >= 4 is 12.0 Å². The monoisotopic (exact) mass is 334 g/mol. The van der Waals surface area contributed by atoms with Crippen LogP contribution < -0.4 is 10.1 Å². The van der Waals surface area contributed by atoms with Gasteiger partial charge in [0.1, 0.15) is 17.4 Å². The number of carbonyl (C=O) groups excluding carboxylic acids is 1. The highest BCUT2D eigenvalue weighted by Gasteiger charge is 2.08. The van der Waals surface area contributed by atoms with E-state index in [1.165, 1.54) is 0 Å². The highest BCUT2D eigenvalue weighted by molar-refractivity contribution is 6.01. The molecular weight excluding hydrogens is 312 g/mol. The molecule has 0 saturated heterocycles. The van der Waals surface area contributed by atoms with Gasteiger partial charge in [0.25, 0.3) is 5.91 Å². The lowest BCUT2D eigenvalue weighted by atomic mass is 10.1. The van der Waals surface area contributed by atoms with Gasteiger partial charge in [0.15, 0.2) is 0 Å². The van der Waals surface area contributed by atoms with Crippen LogP contribution in [0.4, 0.5) is 0 Å². The Morgan fingerprint density at radius 1 is 1.16 bits per heavy atom. The molecule has 0 atom stereocenters. The molecular formula is C21H22N2O2. The second-order valence-corrected chi connectivity index (χ2v) is 5.61. The number of carbonyl (C=O) groups is 1. The Bertz CT molecular complexity index is 744. The minimum atomic E-state index is -0.380. The number of unbranched alkanes of at least 4 members (excludes halogenated alkanes) is 1. The quantitative estimate of drug-likeness (QED) is 0.449. The van der Waals surface area contributed by atoms with Crippen LogP contribution in [0.25, 0.3) is 6.08 Å². The number of hydrogen-bond acceptors (Lipinski definition) is 3. The number of nitrogens with zero attached hydrogens (tertiary/aromatic N) is 1. The number of nitrogens with one attached hydrogen (secondary N) is 1. The normalized spacial score (nSPS) is 10.8. The third-order valence-corrected chi connectivity index (χ3v) is 3.62. The summed E-state index contributed by atoms with van der Waals surface area (Å²) in [6.07, 6.45) is 3.68. The molecule has 0 bridgehead atoms. The van der Waals surface area contributed by atoms with Crippen molar-refractivity contribution in [2.24, 2.45) is 0 Å². The molecule has 4 heteroatoms. The largest absolute Gasteiger partial charge is 0.494 e. The number of rotatable bonds is 8. The Hall–Kier alpha value is -3.06. The van der Waals surface area contributed by atoms with E-state index in [1.54, 1.807) is 6.08 Å². The molecule has 0 radical (unpaired) electrons. The first-order chi connectivity index (χ1) is 12.2. The van der Waals surface area contributed by atoms with Crippen LogP contribution in [-0.2, 0) is 11.3 Å². The van der Waals surface area contributed by atoms with Gasteiger partial charge in [-0.25, -0.2) is 0 Å². The molecule has 4 nitrogen and oxygen atoms in total. The first-order valence-corrected chi connectivity index (χ1v) is 8.39. The Labute approximate surface area is 148 Å². The van der Waals surface area contributed by atoms with Gasteiger partial charge >= 0.3 is 0 Å². The molecule has 2 rings (SSSR count). The molecule has 1 amide bonds. The van der Waals surface area contributed by atoms with E-state index >= 15 is 0 Å². The summed E-state index contributed by atoms with van der Waals surface area (Å²) in [4.78, 5) is 12.2. The predicted molar refractivity (Wildman–Crippen MR) is 98.7 cm³/mol. The first kappa shape index (κ1) is 18.3. The van der Waals surface area contributed by atoms with Crippen LogP contribution in [0.2, 0.25) is 0 Å². The van der Waals surface area contributed by atoms with E-state index in [4.69, 9.17) is 4.74 Å². The minimum Gasteiger partial charge on any atom is -0.494 e. The highest BCUT2D eigenvalue weighted by Crippen LogP contribution is 2.15. The zero-order chi connectivity index (χ0) is 17.9. The Balaban J connectivity index is 1.96. The maximum absolute atomic E-state index is 12.2. The fraction of sp³-hybridized carbons (Fsp3) is 0.238. The van der Waals surface area contributed by atoms with Crippen LogP contribution in [0.1, 0.15) is 30.9 Å². The molecule has 0 aliphatic rings. The predicted octanol–water partition coefficient (Wildman–Crippen LogP) is 4.09. The maximum Gasteiger partial charge on any atom is 0.262 e. The summed E-state index contributed by atoms with van der Waals surface area (Å²) in [5.74, 6) is 0.410. The van der Waals surface area contributed by atoms with E-state index in [-0.39, 0.29) is 11.5 Å². The Kier molecular flexibility index (Phi) is 7.27. The van der Waals surface area contributed by atoms with Gasteiger partial charge < -0.3 is 10.1 Å². The third kappa shape index (κ3) is 6.15. The molecule has 0 aromatic heterocycles. The van der Waals surface area contributed by atoms with Gasteiger partial charge in [0.2, 0.25) is 0 Å². The molecule has 128 valence electrons. The van der Waals surface area contributed by atoms with Crippen molar-refractivity contribution in [3.05, 3.63) is 71.3 Å². The molecule has 0 aliphatic heterocycles. The molecule has 2 aromatic rings. The molecule has 2 aromatic carbocycles. The number of nitriles is 1. The second-order valence-electron chi connectivity index (χ2n) is 5.61. The van der Waals surface area contributed by atoms with Crippen LogP contribution in [-0.4, -0.2) is 12.5 Å². The zero-order valence-electron chi connectivity index (χ0n) is 14.4. The topological polar surface area (TPSA) is 62.1 Å². The summed E-state index contributed by atoms with van der Waals surface area (Å²) in [5, 5.41) is 12.0. The van der Waals surface area contributed by atoms with Crippen LogP contribution in [0.3, 0.4) is 0 Å². The van der Waals surface area contributed by atoms with Gasteiger partial charge in [0.05, 0.1) is 6.61 Å². The smallest absolute Gasteiger partial charge is 0.262 e. The summed E-state index contributed by atoms with van der Waals surface area (Å²) >= 11 is 0. The van der Waals surface area contributed by atoms with Gasteiger partial charge in [-0.1, -0.05) is 55.8 Å². The molecule has 0 spiro atoms. The molecule has 0 fully saturated rings. The van der Waals surface area contributed by atoms with Crippen molar-refractivity contribution < 1.29 is 9.53 Å². The van der Waals surface area contributed by atoms with Crippen molar-refractivity contribution in [3.63, 3.8) is 0 Å². The number of ether oxygens (including phenoxy) is 1. The maximum atomic E-state index is 12.2. The zero-order valence-corrected chi connectivity index (χ0v) is 14.4. The van der Waals surface area contributed by atoms with Gasteiger partial charge in [-0.3, -0.25) is 4.79 Å². The van der Waals surface area contributed by atoms with Crippen LogP contribution in [0.5, 0.6) is 5.75 Å². The lowest BCUT2D eigenvalue weighted by Gasteiger charge is -2.06. The summed E-state index contributed by atoms with van der Waals surface area (Å²) in [7, 11) is 0. The van der Waals surface area contributed by atoms with Crippen molar-refractivity contribution in [1.29, 1.82) is 5.26 Å². The van der Waals surface area contributed by atoms with E-state index < -0.39 is 0 Å². The Morgan fingerprint density at radius 3 is 2.52 bits per heavy atom. The van der Waals surface area contributed by atoms with Crippen molar-refractivity contribution in [1.82, 2.24) is 5.32 Å². The fourth-order valence-corrected chi connectivity index (χ4v) is 2.18. The number of benzene rings is 2. The second kappa shape index (κ2) is 9.94. The summed E-state index contributed by atoms with van der Waals surface area (Å²) in [6.45, 7) is 3.20. The lowest BCUT2D eigenvalue weighted by Crippen LogP contribution is -2.23. The molecule has 0 saturated carbocycles. The van der Waals surface area contributed by atoms with Crippen molar-refractivity contribution in [2.45, 2.75) is 26.3 Å². The van der Waals surface area contributed by atoms with Crippen molar-refractivity contribution in [2.75, 3.05) is 6.61 Å².